The summed E-state index contributed by atoms with van der Waals surface area (Å²) in [6.07, 6.45) is 12.2. The minimum absolute atomic E-state index is 0.0397. The Morgan fingerprint density at radius 1 is 0.935 bits per heavy atom. The Morgan fingerprint density at radius 3 is 2.65 bits per heavy atom. The van der Waals surface area contributed by atoms with Crippen molar-refractivity contribution in [2.75, 3.05) is 31.6 Å². The van der Waals surface area contributed by atoms with E-state index in [2.05, 4.69) is 40.3 Å². The highest BCUT2D eigenvalue weighted by Gasteiger charge is 2.25. The van der Waals surface area contributed by atoms with Gasteiger partial charge in [-0.05, 0) is 75.2 Å². The zero-order valence-corrected chi connectivity index (χ0v) is 25.2. The van der Waals surface area contributed by atoms with Gasteiger partial charge in [0.15, 0.2) is 0 Å². The van der Waals surface area contributed by atoms with Crippen molar-refractivity contribution in [2.24, 2.45) is 5.92 Å². The van der Waals surface area contributed by atoms with Gasteiger partial charge in [0.05, 0.1) is 40.7 Å². The van der Waals surface area contributed by atoms with Gasteiger partial charge in [0, 0.05) is 58.3 Å². The maximum absolute atomic E-state index is 14.8. The number of anilines is 1. The molecule has 6 heterocycles. The van der Waals surface area contributed by atoms with E-state index in [1.165, 1.54) is 25.0 Å². The molecular formula is C35H33FN8O2. The van der Waals surface area contributed by atoms with E-state index in [4.69, 9.17) is 4.74 Å². The molecule has 6 aromatic rings. The zero-order valence-electron chi connectivity index (χ0n) is 25.2. The highest BCUT2D eigenvalue weighted by Crippen LogP contribution is 2.35. The van der Waals surface area contributed by atoms with Gasteiger partial charge in [0.2, 0.25) is 5.91 Å². The minimum Gasteiger partial charge on any atom is -0.492 e. The topological polar surface area (TPSA) is 125 Å². The average molecular weight is 617 g/mol. The van der Waals surface area contributed by atoms with Crippen molar-refractivity contribution in [1.29, 1.82) is 0 Å². The molecular weight excluding hydrogens is 583 g/mol. The summed E-state index contributed by atoms with van der Waals surface area (Å²) in [6.45, 7) is 3.52. The maximum Gasteiger partial charge on any atom is 0.227 e. The van der Waals surface area contributed by atoms with E-state index < -0.39 is 0 Å². The monoisotopic (exact) mass is 616 g/mol. The van der Waals surface area contributed by atoms with Crippen molar-refractivity contribution in [1.82, 2.24) is 35.0 Å². The van der Waals surface area contributed by atoms with Crippen LogP contribution in [-0.2, 0) is 4.79 Å². The Hall–Kier alpha value is -5.16. The molecule has 1 saturated heterocycles. The normalized spacial score (nSPS) is 15.4. The molecule has 46 heavy (non-hydrogen) atoms. The summed E-state index contributed by atoms with van der Waals surface area (Å²) < 4.78 is 20.8. The molecule has 3 N–H and O–H groups in total. The average Bonchev–Trinajstić information content (AvgIpc) is 3.79. The number of benzene rings is 1. The number of amides is 1. The molecule has 1 aromatic carbocycles. The first kappa shape index (κ1) is 28.3. The first-order chi connectivity index (χ1) is 22.6. The second-order valence-electron chi connectivity index (χ2n) is 12.1. The predicted molar refractivity (Wildman–Crippen MR) is 175 cm³/mol. The second-order valence-corrected chi connectivity index (χ2v) is 12.1. The third kappa shape index (κ3) is 5.58. The highest BCUT2D eigenvalue weighted by atomic mass is 19.1. The summed E-state index contributed by atoms with van der Waals surface area (Å²) in [5.74, 6) is 0.239. The predicted octanol–water partition coefficient (Wildman–Crippen LogP) is 6.58. The Balaban J connectivity index is 1.09. The van der Waals surface area contributed by atoms with E-state index >= 15 is 0 Å². The molecule has 0 spiro atoms. The van der Waals surface area contributed by atoms with Gasteiger partial charge in [0.25, 0.3) is 0 Å². The quantitative estimate of drug-likeness (QED) is 0.168. The van der Waals surface area contributed by atoms with Crippen LogP contribution in [0.3, 0.4) is 0 Å². The number of nitrogens with zero attached hydrogens (tertiary/aromatic N) is 5. The third-order valence-electron chi connectivity index (χ3n) is 9.05. The smallest absolute Gasteiger partial charge is 0.227 e. The van der Waals surface area contributed by atoms with Gasteiger partial charge < -0.3 is 15.0 Å². The largest absolute Gasteiger partial charge is 0.492 e. The lowest BCUT2D eigenvalue weighted by molar-refractivity contribution is -0.122. The van der Waals surface area contributed by atoms with Gasteiger partial charge in [-0.25, -0.2) is 4.39 Å². The van der Waals surface area contributed by atoms with Crippen LogP contribution in [0.1, 0.15) is 32.1 Å². The fourth-order valence-corrected chi connectivity index (χ4v) is 6.34. The molecule has 2 fully saturated rings. The summed E-state index contributed by atoms with van der Waals surface area (Å²) in [7, 11) is 0. The molecule has 8 rings (SSSR count). The SMILES string of the molecule is O=C(Nc1cncc(-c2cc3c(-c4cc5c(-c6cc(F)cc(OCCN7CCCC7)c6)nccc5[nH]4)n[nH]c3cn2)c1)C1CCC1. The highest BCUT2D eigenvalue weighted by molar-refractivity contribution is 6.00. The molecule has 1 saturated carbocycles. The van der Waals surface area contributed by atoms with Crippen LogP contribution in [0, 0.1) is 11.7 Å². The molecule has 0 unspecified atom stereocenters. The fraction of sp³-hybridized carbons (Fsp3) is 0.286. The second kappa shape index (κ2) is 12.0. The number of H-pyrrole nitrogens is 2. The standard InChI is InChI=1S/C35H33FN8O2/c36-24-12-22(14-26(15-24)46-11-10-44-8-1-2-9-44)33-27-17-31(41-29(27)6-7-38-33)34-28-16-30(39-20-32(28)42-43-34)23-13-25(19-37-18-23)40-35(45)21-4-3-5-21/h6-7,12-21,41H,1-5,8-11H2,(H,40,45)(H,42,43). The summed E-state index contributed by atoms with van der Waals surface area (Å²) in [6, 6.07) is 12.5. The Labute approximate surface area is 264 Å². The minimum atomic E-state index is -0.372. The van der Waals surface area contributed by atoms with E-state index in [0.717, 1.165) is 72.0 Å². The van der Waals surface area contributed by atoms with E-state index in [1.54, 1.807) is 24.8 Å². The number of nitrogens with one attached hydrogen (secondary N) is 3. The molecule has 10 nitrogen and oxygen atoms in total. The van der Waals surface area contributed by atoms with Crippen molar-refractivity contribution in [3.8, 4) is 39.7 Å². The first-order valence-electron chi connectivity index (χ1n) is 15.8. The van der Waals surface area contributed by atoms with Gasteiger partial charge in [-0.2, -0.15) is 5.10 Å². The van der Waals surface area contributed by atoms with Crippen LogP contribution < -0.4 is 10.1 Å². The van der Waals surface area contributed by atoms with E-state index in [1.807, 2.05) is 30.3 Å². The van der Waals surface area contributed by atoms with Crippen LogP contribution in [0.2, 0.25) is 0 Å². The number of hydrogen-bond acceptors (Lipinski definition) is 7. The molecule has 2 aliphatic rings. The van der Waals surface area contributed by atoms with Crippen LogP contribution >= 0.6 is 0 Å². The van der Waals surface area contributed by atoms with E-state index in [-0.39, 0.29) is 17.6 Å². The molecule has 1 aliphatic carbocycles. The van der Waals surface area contributed by atoms with E-state index in [0.29, 0.717) is 40.7 Å². The Morgan fingerprint density at radius 2 is 1.80 bits per heavy atom. The van der Waals surface area contributed by atoms with Crippen molar-refractivity contribution in [2.45, 2.75) is 32.1 Å². The summed E-state index contributed by atoms with van der Waals surface area (Å²) in [4.78, 5) is 31.9. The molecule has 1 aliphatic heterocycles. The van der Waals surface area contributed by atoms with Gasteiger partial charge in [-0.3, -0.25) is 29.7 Å². The number of aromatic amines is 2. The number of rotatable bonds is 9. The summed E-state index contributed by atoms with van der Waals surface area (Å²) in [5, 5.41) is 12.4. The van der Waals surface area contributed by atoms with Crippen molar-refractivity contribution >= 4 is 33.4 Å². The lowest BCUT2D eigenvalue weighted by Gasteiger charge is -2.24. The molecule has 0 radical (unpaired) electrons. The van der Waals surface area contributed by atoms with Gasteiger partial charge in [-0.1, -0.05) is 6.42 Å². The molecule has 0 bridgehead atoms. The van der Waals surface area contributed by atoms with Gasteiger partial charge in [-0.15, -0.1) is 0 Å². The number of halogens is 1. The van der Waals surface area contributed by atoms with Crippen LogP contribution in [-0.4, -0.2) is 67.2 Å². The number of likely N-dealkylation sites (tertiary alicyclic amines) is 1. The number of carbonyl (C=O) groups is 1. The molecule has 5 aromatic heterocycles. The Bertz CT molecular complexity index is 2060. The first-order valence-corrected chi connectivity index (χ1v) is 15.8. The summed E-state index contributed by atoms with van der Waals surface area (Å²) >= 11 is 0. The van der Waals surface area contributed by atoms with E-state index in [9.17, 15) is 9.18 Å². The zero-order chi connectivity index (χ0) is 31.0. The molecule has 232 valence electrons. The number of ether oxygens (including phenoxy) is 1. The maximum atomic E-state index is 14.8. The Kier molecular flexibility index (Phi) is 7.37. The lowest BCUT2D eigenvalue weighted by atomic mass is 9.85. The van der Waals surface area contributed by atoms with Gasteiger partial charge in [0.1, 0.15) is 23.9 Å². The van der Waals surface area contributed by atoms with Crippen molar-refractivity contribution in [3.63, 3.8) is 0 Å². The molecule has 1 amide bonds. The number of carbonyl (C=O) groups excluding carboxylic acids is 1. The number of aromatic nitrogens is 6. The van der Waals surface area contributed by atoms with Gasteiger partial charge >= 0.3 is 0 Å². The van der Waals surface area contributed by atoms with Crippen molar-refractivity contribution < 1.29 is 13.9 Å². The summed E-state index contributed by atoms with van der Waals surface area (Å²) in [5.41, 5.74) is 6.56. The number of pyridine rings is 3. The lowest BCUT2D eigenvalue weighted by Crippen LogP contribution is -2.28. The van der Waals surface area contributed by atoms with Crippen molar-refractivity contribution in [3.05, 3.63) is 73.1 Å². The number of fused-ring (bicyclic) bond motifs is 2. The van der Waals surface area contributed by atoms with Crippen LogP contribution in [0.4, 0.5) is 10.1 Å². The van der Waals surface area contributed by atoms with Crippen LogP contribution in [0.5, 0.6) is 5.75 Å². The van der Waals surface area contributed by atoms with Crippen LogP contribution in [0.15, 0.2) is 67.3 Å². The molecule has 0 atom stereocenters. The third-order valence-corrected chi connectivity index (χ3v) is 9.05. The molecule has 11 heteroatoms. The number of hydrogen-bond donors (Lipinski definition) is 3. The van der Waals surface area contributed by atoms with Crippen LogP contribution in [0.25, 0.3) is 55.7 Å². The fourth-order valence-electron chi connectivity index (χ4n) is 6.34.